The lowest BCUT2D eigenvalue weighted by Crippen LogP contribution is -2.30. The summed E-state index contributed by atoms with van der Waals surface area (Å²) in [6.45, 7) is 0.552. The molecule has 11 heavy (non-hydrogen) atoms. The molecular formula is C6H11NO4. The van der Waals surface area contributed by atoms with Gasteiger partial charge < -0.3 is 15.6 Å². The van der Waals surface area contributed by atoms with Crippen LogP contribution in [0.1, 0.15) is 12.8 Å². The number of nitrogens with two attached hydrogens (primary N) is 1. The summed E-state index contributed by atoms with van der Waals surface area (Å²) < 4.78 is 4.33. The van der Waals surface area contributed by atoms with Gasteiger partial charge in [-0.1, -0.05) is 0 Å². The van der Waals surface area contributed by atoms with Gasteiger partial charge in [0.2, 0.25) is 0 Å². The lowest BCUT2D eigenvalue weighted by Gasteiger charge is -2.03. The predicted molar refractivity (Wildman–Crippen MR) is 36.9 cm³/mol. The molecular weight excluding hydrogens is 150 g/mol. The van der Waals surface area contributed by atoms with Crippen molar-refractivity contribution in [1.29, 1.82) is 0 Å². The first-order chi connectivity index (χ1) is 5.18. The lowest BCUT2D eigenvalue weighted by molar-refractivity contribution is -0.138. The molecule has 0 aliphatic rings. The molecule has 5 nitrogen and oxygen atoms in total. The Bertz CT molecular complexity index is 137. The Kier molecular flexibility index (Phi) is 5.10. The molecule has 0 heterocycles. The van der Waals surface area contributed by atoms with Crippen molar-refractivity contribution in [3.63, 3.8) is 0 Å². The van der Waals surface area contributed by atoms with E-state index in [1.807, 2.05) is 0 Å². The zero-order chi connectivity index (χ0) is 8.69. The molecule has 0 spiro atoms. The van der Waals surface area contributed by atoms with Crippen LogP contribution in [0.2, 0.25) is 0 Å². The molecule has 0 aromatic rings. The molecule has 0 aliphatic carbocycles. The Labute approximate surface area is 64.1 Å². The maximum Gasteiger partial charge on any atom is 0.320 e. The van der Waals surface area contributed by atoms with Crippen molar-refractivity contribution in [3.8, 4) is 0 Å². The van der Waals surface area contributed by atoms with Crippen molar-refractivity contribution in [3.05, 3.63) is 0 Å². The maximum atomic E-state index is 10.1. The molecule has 0 aromatic heterocycles. The van der Waals surface area contributed by atoms with Crippen LogP contribution in [0.3, 0.4) is 0 Å². The summed E-state index contributed by atoms with van der Waals surface area (Å²) in [5.74, 6) is -1.03. The second-order valence-electron chi connectivity index (χ2n) is 2.05. The maximum absolute atomic E-state index is 10.1. The first kappa shape index (κ1) is 9.90. The molecule has 0 radical (unpaired) electrons. The summed E-state index contributed by atoms with van der Waals surface area (Å²) in [6.07, 6.45) is 0.801. The van der Waals surface area contributed by atoms with Crippen molar-refractivity contribution < 1.29 is 19.4 Å². The van der Waals surface area contributed by atoms with Crippen molar-refractivity contribution in [2.75, 3.05) is 6.61 Å². The minimum atomic E-state index is -1.03. The largest absolute Gasteiger partial charge is 0.480 e. The number of carboxylic acid groups (broad SMARTS) is 1. The van der Waals surface area contributed by atoms with Crippen molar-refractivity contribution >= 4 is 12.4 Å². The van der Waals surface area contributed by atoms with E-state index in [0.717, 1.165) is 0 Å². The molecule has 0 fully saturated rings. The minimum absolute atomic E-state index is 0.227. The van der Waals surface area contributed by atoms with Crippen LogP contribution >= 0.6 is 0 Å². The molecule has 0 aromatic carbocycles. The molecule has 0 aliphatic heterocycles. The van der Waals surface area contributed by atoms with Gasteiger partial charge in [0.1, 0.15) is 6.04 Å². The number of hydrogen-bond acceptors (Lipinski definition) is 4. The van der Waals surface area contributed by atoms with Gasteiger partial charge in [-0.2, -0.15) is 0 Å². The smallest absolute Gasteiger partial charge is 0.320 e. The van der Waals surface area contributed by atoms with Gasteiger partial charge in [0, 0.05) is 0 Å². The van der Waals surface area contributed by atoms with Crippen LogP contribution in [0.25, 0.3) is 0 Å². The van der Waals surface area contributed by atoms with Crippen molar-refractivity contribution in [1.82, 2.24) is 0 Å². The molecule has 1 atom stereocenters. The molecule has 0 saturated heterocycles. The fourth-order valence-electron chi connectivity index (χ4n) is 0.558. The van der Waals surface area contributed by atoms with Gasteiger partial charge in [0.15, 0.2) is 0 Å². The fourth-order valence-corrected chi connectivity index (χ4v) is 0.558. The zero-order valence-corrected chi connectivity index (χ0v) is 6.03. The molecule has 0 amide bonds. The van der Waals surface area contributed by atoms with E-state index in [9.17, 15) is 9.59 Å². The Morgan fingerprint density at radius 3 is 2.82 bits per heavy atom. The molecule has 0 bridgehead atoms. The van der Waals surface area contributed by atoms with Crippen LogP contribution in [0.5, 0.6) is 0 Å². The number of ether oxygens (including phenoxy) is 1. The third-order valence-corrected chi connectivity index (χ3v) is 1.16. The summed E-state index contributed by atoms with van der Waals surface area (Å²) >= 11 is 0. The zero-order valence-electron chi connectivity index (χ0n) is 6.03. The summed E-state index contributed by atoms with van der Waals surface area (Å²) in [6, 6.07) is -0.856. The third-order valence-electron chi connectivity index (χ3n) is 1.16. The van der Waals surface area contributed by atoms with Gasteiger partial charge >= 0.3 is 5.97 Å². The standard InChI is InChI=1S/C6H11NO4/c7-5(6(9)10)2-1-3-11-4-8/h4-5H,1-3,7H2,(H,9,10). The van der Waals surface area contributed by atoms with Crippen LogP contribution in [0.15, 0.2) is 0 Å². The first-order valence-electron chi connectivity index (χ1n) is 3.22. The first-order valence-corrected chi connectivity index (χ1v) is 3.22. The lowest BCUT2D eigenvalue weighted by atomic mass is 10.2. The van der Waals surface area contributed by atoms with Crippen LogP contribution in [-0.2, 0) is 14.3 Å². The van der Waals surface area contributed by atoms with Crippen LogP contribution < -0.4 is 5.73 Å². The molecule has 64 valence electrons. The molecule has 1 unspecified atom stereocenters. The van der Waals surface area contributed by atoms with Crippen molar-refractivity contribution in [2.45, 2.75) is 18.9 Å². The van der Waals surface area contributed by atoms with E-state index in [-0.39, 0.29) is 6.61 Å². The highest BCUT2D eigenvalue weighted by atomic mass is 16.5. The van der Waals surface area contributed by atoms with Gasteiger partial charge in [0.25, 0.3) is 6.47 Å². The van der Waals surface area contributed by atoms with Crippen LogP contribution in [0.4, 0.5) is 0 Å². The number of carbonyl (C=O) groups is 2. The topological polar surface area (TPSA) is 89.6 Å². The molecule has 0 rings (SSSR count). The van der Waals surface area contributed by atoms with E-state index in [1.54, 1.807) is 0 Å². The van der Waals surface area contributed by atoms with E-state index >= 15 is 0 Å². The minimum Gasteiger partial charge on any atom is -0.480 e. The highest BCUT2D eigenvalue weighted by molar-refractivity contribution is 5.72. The van der Waals surface area contributed by atoms with E-state index in [4.69, 9.17) is 10.8 Å². The monoisotopic (exact) mass is 161 g/mol. The van der Waals surface area contributed by atoms with E-state index in [2.05, 4.69) is 4.74 Å². The van der Waals surface area contributed by atoms with Crippen molar-refractivity contribution in [2.24, 2.45) is 5.73 Å². The summed E-state index contributed by atoms with van der Waals surface area (Å²) in [7, 11) is 0. The van der Waals surface area contributed by atoms with Gasteiger partial charge in [-0.25, -0.2) is 0 Å². The highest BCUT2D eigenvalue weighted by Crippen LogP contribution is 1.94. The third kappa shape index (κ3) is 5.35. The Hall–Kier alpha value is -1.10. The summed E-state index contributed by atoms with van der Waals surface area (Å²) in [4.78, 5) is 19.7. The van der Waals surface area contributed by atoms with E-state index in [1.165, 1.54) is 0 Å². The Morgan fingerprint density at radius 2 is 2.36 bits per heavy atom. The fraction of sp³-hybridized carbons (Fsp3) is 0.667. The average Bonchev–Trinajstić information content (AvgIpc) is 1.97. The second-order valence-corrected chi connectivity index (χ2v) is 2.05. The normalized spacial score (nSPS) is 12.1. The summed E-state index contributed by atoms with van der Waals surface area (Å²) in [5.41, 5.74) is 5.16. The predicted octanol–water partition coefficient (Wildman–Crippen LogP) is -0.648. The number of carbonyl (C=O) groups excluding carboxylic acids is 1. The summed E-state index contributed by atoms with van der Waals surface area (Å²) in [5, 5.41) is 8.30. The molecule has 5 heteroatoms. The van der Waals surface area contributed by atoms with Gasteiger partial charge in [0.05, 0.1) is 6.61 Å². The highest BCUT2D eigenvalue weighted by Gasteiger charge is 2.09. The van der Waals surface area contributed by atoms with Gasteiger partial charge in [-0.15, -0.1) is 0 Å². The number of aliphatic carboxylic acids is 1. The number of rotatable bonds is 6. The van der Waals surface area contributed by atoms with E-state index in [0.29, 0.717) is 19.3 Å². The van der Waals surface area contributed by atoms with Gasteiger partial charge in [-0.05, 0) is 12.8 Å². The average molecular weight is 161 g/mol. The second kappa shape index (κ2) is 5.67. The molecule has 0 saturated carbocycles. The van der Waals surface area contributed by atoms with Crippen LogP contribution in [0, 0.1) is 0 Å². The van der Waals surface area contributed by atoms with E-state index < -0.39 is 12.0 Å². The Morgan fingerprint density at radius 1 is 1.73 bits per heavy atom. The number of hydrogen-bond donors (Lipinski definition) is 2. The Balaban J connectivity index is 3.24. The SMILES string of the molecule is NC(CCCOC=O)C(=O)O. The quantitative estimate of drug-likeness (QED) is 0.399. The van der Waals surface area contributed by atoms with Gasteiger partial charge in [-0.3, -0.25) is 9.59 Å². The van der Waals surface area contributed by atoms with Crippen LogP contribution in [-0.4, -0.2) is 30.2 Å². The molecule has 3 N–H and O–H groups in total. The number of carboxylic acids is 1.